The molecule has 0 fully saturated rings. The maximum atomic E-state index is 12.7. The molecule has 90 valence electrons. The van der Waals surface area contributed by atoms with E-state index in [9.17, 15) is 9.50 Å². The molecule has 0 spiro atoms. The highest BCUT2D eigenvalue weighted by Crippen LogP contribution is 2.13. The van der Waals surface area contributed by atoms with Gasteiger partial charge in [-0.1, -0.05) is 6.92 Å². The van der Waals surface area contributed by atoms with Crippen molar-refractivity contribution in [2.24, 2.45) is 5.92 Å². The maximum Gasteiger partial charge on any atom is 0.123 e. The van der Waals surface area contributed by atoms with E-state index in [1.807, 2.05) is 6.92 Å². The first-order chi connectivity index (χ1) is 7.67. The molecule has 0 amide bonds. The number of nitrogens with one attached hydrogen (secondary N) is 1. The average Bonchev–Trinajstić information content (AvgIpc) is 2.28. The normalized spacial score (nSPS) is 14.5. The number of aliphatic hydroxyl groups is 1. The fraction of sp³-hybridized carbons (Fsp3) is 0.500. The number of anilines is 1. The highest BCUT2D eigenvalue weighted by Gasteiger charge is 2.15. The van der Waals surface area contributed by atoms with Gasteiger partial charge in [0.1, 0.15) is 5.82 Å². The lowest BCUT2D eigenvalue weighted by Crippen LogP contribution is -2.33. The first kappa shape index (κ1) is 12.9. The number of ether oxygens (including phenoxy) is 1. The second-order valence-corrected chi connectivity index (χ2v) is 3.87. The Balaban J connectivity index is 2.59. The first-order valence-electron chi connectivity index (χ1n) is 5.29. The molecular weight excluding hydrogens is 209 g/mol. The number of hydrogen-bond donors (Lipinski definition) is 2. The van der Waals surface area contributed by atoms with Gasteiger partial charge in [-0.15, -0.1) is 0 Å². The van der Waals surface area contributed by atoms with E-state index in [1.54, 1.807) is 19.2 Å². The summed E-state index contributed by atoms with van der Waals surface area (Å²) in [6.45, 7) is 2.57. The number of halogens is 1. The van der Waals surface area contributed by atoms with Gasteiger partial charge in [-0.3, -0.25) is 0 Å². The largest absolute Gasteiger partial charge is 0.394 e. The zero-order valence-corrected chi connectivity index (χ0v) is 9.61. The predicted octanol–water partition coefficient (Wildman–Crippen LogP) is 1.88. The van der Waals surface area contributed by atoms with E-state index in [-0.39, 0.29) is 24.4 Å². The molecular formula is C12H18FNO2. The van der Waals surface area contributed by atoms with Crippen molar-refractivity contribution in [3.8, 4) is 0 Å². The van der Waals surface area contributed by atoms with Crippen LogP contribution in [0.2, 0.25) is 0 Å². The molecule has 2 atom stereocenters. The van der Waals surface area contributed by atoms with Crippen molar-refractivity contribution < 1.29 is 14.2 Å². The van der Waals surface area contributed by atoms with Crippen LogP contribution in [0, 0.1) is 11.7 Å². The summed E-state index contributed by atoms with van der Waals surface area (Å²) in [5.41, 5.74) is 0.795. The molecule has 0 aliphatic carbocycles. The summed E-state index contributed by atoms with van der Waals surface area (Å²) in [5.74, 6) is -0.0870. The first-order valence-corrected chi connectivity index (χ1v) is 5.29. The van der Waals surface area contributed by atoms with Gasteiger partial charge in [-0.2, -0.15) is 0 Å². The lowest BCUT2D eigenvalue weighted by molar-refractivity contribution is 0.132. The summed E-state index contributed by atoms with van der Waals surface area (Å²) >= 11 is 0. The van der Waals surface area contributed by atoms with E-state index >= 15 is 0 Å². The standard InChI is InChI=1S/C12H18FNO2/c1-9(8-16-2)12(7-15)14-11-5-3-10(13)4-6-11/h3-6,9,12,14-15H,7-8H2,1-2H3. The number of rotatable bonds is 6. The third kappa shape index (κ3) is 3.79. The van der Waals surface area contributed by atoms with Crippen LogP contribution in [0.15, 0.2) is 24.3 Å². The highest BCUT2D eigenvalue weighted by molar-refractivity contribution is 5.43. The van der Waals surface area contributed by atoms with Gasteiger partial charge in [0.25, 0.3) is 0 Å². The van der Waals surface area contributed by atoms with Crippen LogP contribution in [0.4, 0.5) is 10.1 Å². The second-order valence-electron chi connectivity index (χ2n) is 3.87. The summed E-state index contributed by atoms with van der Waals surface area (Å²) in [6.07, 6.45) is 0. The van der Waals surface area contributed by atoms with Crippen LogP contribution < -0.4 is 5.32 Å². The third-order valence-electron chi connectivity index (χ3n) is 2.51. The van der Waals surface area contributed by atoms with Crippen LogP contribution in [0.25, 0.3) is 0 Å². The molecule has 3 nitrogen and oxygen atoms in total. The minimum absolute atomic E-state index is 0.0158. The minimum atomic E-state index is -0.268. The molecule has 0 aliphatic heterocycles. The summed E-state index contributed by atoms with van der Waals surface area (Å²) in [5, 5.41) is 12.4. The van der Waals surface area contributed by atoms with Crippen molar-refractivity contribution in [1.82, 2.24) is 0 Å². The summed E-state index contributed by atoms with van der Waals surface area (Å²) in [6, 6.07) is 5.98. The average molecular weight is 227 g/mol. The van der Waals surface area contributed by atoms with Crippen LogP contribution in [-0.2, 0) is 4.74 Å². The Kier molecular flexibility index (Phi) is 5.22. The minimum Gasteiger partial charge on any atom is -0.394 e. The van der Waals surface area contributed by atoms with Crippen molar-refractivity contribution in [1.29, 1.82) is 0 Å². The molecule has 2 unspecified atom stereocenters. The van der Waals surface area contributed by atoms with Crippen LogP contribution in [0.3, 0.4) is 0 Å². The molecule has 1 rings (SSSR count). The van der Waals surface area contributed by atoms with E-state index < -0.39 is 0 Å². The molecule has 2 N–H and O–H groups in total. The van der Waals surface area contributed by atoms with Crippen molar-refractivity contribution in [2.45, 2.75) is 13.0 Å². The molecule has 0 aliphatic rings. The van der Waals surface area contributed by atoms with Crippen LogP contribution in [0.1, 0.15) is 6.92 Å². The van der Waals surface area contributed by atoms with Gasteiger partial charge in [0.15, 0.2) is 0 Å². The van der Waals surface area contributed by atoms with Crippen molar-refractivity contribution in [3.63, 3.8) is 0 Å². The Morgan fingerprint density at radius 2 is 2.00 bits per heavy atom. The van der Waals surface area contributed by atoms with Crippen molar-refractivity contribution >= 4 is 5.69 Å². The van der Waals surface area contributed by atoms with E-state index in [2.05, 4.69) is 5.32 Å². The summed E-state index contributed by atoms with van der Waals surface area (Å²) < 4.78 is 17.7. The smallest absolute Gasteiger partial charge is 0.123 e. The molecule has 0 aromatic heterocycles. The molecule has 4 heteroatoms. The lowest BCUT2D eigenvalue weighted by atomic mass is 10.0. The second kappa shape index (κ2) is 6.45. The van der Waals surface area contributed by atoms with Gasteiger partial charge in [-0.25, -0.2) is 4.39 Å². The topological polar surface area (TPSA) is 41.5 Å². The van der Waals surface area contributed by atoms with Crippen LogP contribution >= 0.6 is 0 Å². The Morgan fingerprint density at radius 3 is 2.50 bits per heavy atom. The van der Waals surface area contributed by atoms with Gasteiger partial charge in [0.05, 0.1) is 19.3 Å². The maximum absolute atomic E-state index is 12.7. The van der Waals surface area contributed by atoms with Gasteiger partial charge >= 0.3 is 0 Å². The van der Waals surface area contributed by atoms with E-state index in [4.69, 9.17) is 4.74 Å². The lowest BCUT2D eigenvalue weighted by Gasteiger charge is -2.23. The Morgan fingerprint density at radius 1 is 1.38 bits per heavy atom. The van der Waals surface area contributed by atoms with Crippen molar-refractivity contribution in [3.05, 3.63) is 30.1 Å². The van der Waals surface area contributed by atoms with E-state index in [0.29, 0.717) is 6.61 Å². The zero-order chi connectivity index (χ0) is 12.0. The van der Waals surface area contributed by atoms with E-state index in [0.717, 1.165) is 5.69 Å². The molecule has 0 radical (unpaired) electrons. The fourth-order valence-corrected chi connectivity index (χ4v) is 1.51. The predicted molar refractivity (Wildman–Crippen MR) is 61.9 cm³/mol. The highest BCUT2D eigenvalue weighted by atomic mass is 19.1. The molecule has 0 saturated heterocycles. The molecule has 0 saturated carbocycles. The van der Waals surface area contributed by atoms with Crippen LogP contribution in [0.5, 0.6) is 0 Å². The Bertz CT molecular complexity index is 302. The summed E-state index contributed by atoms with van der Waals surface area (Å²) in [7, 11) is 1.63. The SMILES string of the molecule is COCC(C)C(CO)Nc1ccc(F)cc1. The molecule has 0 heterocycles. The Hall–Kier alpha value is -1.13. The number of benzene rings is 1. The number of aliphatic hydroxyl groups excluding tert-OH is 1. The molecule has 1 aromatic rings. The fourth-order valence-electron chi connectivity index (χ4n) is 1.51. The molecule has 16 heavy (non-hydrogen) atoms. The monoisotopic (exact) mass is 227 g/mol. The molecule has 1 aromatic carbocycles. The number of hydrogen-bond acceptors (Lipinski definition) is 3. The molecule has 0 bridgehead atoms. The van der Waals surface area contributed by atoms with Crippen molar-refractivity contribution in [2.75, 3.05) is 25.6 Å². The number of methoxy groups -OCH3 is 1. The van der Waals surface area contributed by atoms with Crippen LogP contribution in [-0.4, -0.2) is 31.5 Å². The Labute approximate surface area is 95.2 Å². The van der Waals surface area contributed by atoms with Gasteiger partial charge in [-0.05, 0) is 24.3 Å². The van der Waals surface area contributed by atoms with Gasteiger partial charge < -0.3 is 15.2 Å². The third-order valence-corrected chi connectivity index (χ3v) is 2.51. The van der Waals surface area contributed by atoms with E-state index in [1.165, 1.54) is 12.1 Å². The quantitative estimate of drug-likeness (QED) is 0.779. The van der Waals surface area contributed by atoms with Gasteiger partial charge in [0, 0.05) is 18.7 Å². The van der Waals surface area contributed by atoms with Gasteiger partial charge in [0.2, 0.25) is 0 Å². The zero-order valence-electron chi connectivity index (χ0n) is 9.61. The summed E-state index contributed by atoms with van der Waals surface area (Å²) in [4.78, 5) is 0.